The van der Waals surface area contributed by atoms with Gasteiger partial charge in [-0.25, -0.2) is 4.98 Å². The van der Waals surface area contributed by atoms with E-state index in [0.29, 0.717) is 6.61 Å². The summed E-state index contributed by atoms with van der Waals surface area (Å²) >= 11 is 0. The van der Waals surface area contributed by atoms with Gasteiger partial charge in [-0.05, 0) is 26.2 Å². The van der Waals surface area contributed by atoms with Gasteiger partial charge in [0, 0.05) is 38.0 Å². The maximum absolute atomic E-state index is 6.44. The van der Waals surface area contributed by atoms with Crippen molar-refractivity contribution in [3.05, 3.63) is 18.2 Å². The first kappa shape index (κ1) is 16.2. The van der Waals surface area contributed by atoms with Gasteiger partial charge in [-0.15, -0.1) is 0 Å². The topological polar surface area (TPSA) is 53.1 Å². The molecule has 0 spiro atoms. The van der Waals surface area contributed by atoms with Crippen molar-refractivity contribution < 1.29 is 4.74 Å². The minimum atomic E-state index is -0.224. The van der Waals surface area contributed by atoms with Crippen molar-refractivity contribution in [2.45, 2.75) is 71.6 Å². The maximum atomic E-state index is 6.44. The number of aromatic nitrogens is 2. The zero-order valence-electron chi connectivity index (χ0n) is 12.9. The van der Waals surface area contributed by atoms with Gasteiger partial charge < -0.3 is 15.0 Å². The number of ether oxygens (including phenoxy) is 1. The van der Waals surface area contributed by atoms with E-state index in [1.807, 2.05) is 19.3 Å². The summed E-state index contributed by atoms with van der Waals surface area (Å²) in [6, 6.07) is -0.0135. The fourth-order valence-corrected chi connectivity index (χ4v) is 2.73. The molecule has 0 aliphatic heterocycles. The van der Waals surface area contributed by atoms with Gasteiger partial charge in [-0.1, -0.05) is 20.8 Å². The highest BCUT2D eigenvalue weighted by atomic mass is 16.5. The molecule has 1 aromatic heterocycles. The van der Waals surface area contributed by atoms with Crippen LogP contribution in [-0.4, -0.2) is 27.8 Å². The molecule has 1 aromatic rings. The molecule has 110 valence electrons. The Kier molecular flexibility index (Phi) is 6.52. The molecule has 0 amide bonds. The summed E-state index contributed by atoms with van der Waals surface area (Å²) in [6.45, 7) is 10.2. The number of aryl methyl sites for hydroxylation is 1. The minimum absolute atomic E-state index is 0.0135. The van der Waals surface area contributed by atoms with E-state index >= 15 is 0 Å². The molecule has 1 heterocycles. The summed E-state index contributed by atoms with van der Waals surface area (Å²) < 4.78 is 8.17. The van der Waals surface area contributed by atoms with Crippen molar-refractivity contribution >= 4 is 0 Å². The summed E-state index contributed by atoms with van der Waals surface area (Å²) in [6.07, 6.45) is 7.65. The zero-order valence-corrected chi connectivity index (χ0v) is 12.9. The van der Waals surface area contributed by atoms with Crippen molar-refractivity contribution in [3.63, 3.8) is 0 Å². The van der Waals surface area contributed by atoms with Crippen molar-refractivity contribution in [1.82, 2.24) is 9.55 Å². The van der Waals surface area contributed by atoms with Crippen molar-refractivity contribution in [2.75, 3.05) is 6.61 Å². The van der Waals surface area contributed by atoms with E-state index in [0.717, 1.165) is 38.1 Å². The molecule has 0 radical (unpaired) electrons. The van der Waals surface area contributed by atoms with E-state index in [-0.39, 0.29) is 11.6 Å². The number of imidazole rings is 1. The van der Waals surface area contributed by atoms with Crippen LogP contribution in [0.4, 0.5) is 0 Å². The van der Waals surface area contributed by atoms with Gasteiger partial charge in [-0.3, -0.25) is 0 Å². The number of nitrogens with two attached hydrogens (primary N) is 1. The van der Waals surface area contributed by atoms with E-state index in [1.165, 1.54) is 0 Å². The summed E-state index contributed by atoms with van der Waals surface area (Å²) in [5.74, 6) is 1.07. The van der Waals surface area contributed by atoms with Crippen LogP contribution in [-0.2, 0) is 17.7 Å². The van der Waals surface area contributed by atoms with Gasteiger partial charge in [0.1, 0.15) is 5.82 Å². The lowest BCUT2D eigenvalue weighted by Crippen LogP contribution is -2.51. The quantitative estimate of drug-likeness (QED) is 0.748. The van der Waals surface area contributed by atoms with Gasteiger partial charge in [-0.2, -0.15) is 0 Å². The highest BCUT2D eigenvalue weighted by molar-refractivity contribution is 5.01. The average Bonchev–Trinajstić information content (AvgIpc) is 2.84. The van der Waals surface area contributed by atoms with Gasteiger partial charge in [0.2, 0.25) is 0 Å². The molecule has 0 aliphatic carbocycles. The Bertz CT molecular complexity index is 358. The molecule has 0 saturated heterocycles. The van der Waals surface area contributed by atoms with Crippen LogP contribution >= 0.6 is 0 Å². The lowest BCUT2D eigenvalue weighted by atomic mass is 9.86. The van der Waals surface area contributed by atoms with Crippen LogP contribution in [0, 0.1) is 0 Å². The van der Waals surface area contributed by atoms with Crippen LogP contribution in [0.15, 0.2) is 12.4 Å². The van der Waals surface area contributed by atoms with Crippen LogP contribution in [0.25, 0.3) is 0 Å². The number of hydrogen-bond acceptors (Lipinski definition) is 3. The first-order chi connectivity index (χ1) is 9.13. The average molecular weight is 267 g/mol. The molecule has 4 nitrogen and oxygen atoms in total. The van der Waals surface area contributed by atoms with Crippen LogP contribution < -0.4 is 5.73 Å². The van der Waals surface area contributed by atoms with Crippen LogP contribution in [0.5, 0.6) is 0 Å². The second kappa shape index (κ2) is 7.65. The molecule has 4 heteroatoms. The molecule has 0 fully saturated rings. The first-order valence-corrected chi connectivity index (χ1v) is 7.53. The first-order valence-electron chi connectivity index (χ1n) is 7.53. The van der Waals surface area contributed by atoms with Crippen LogP contribution in [0.3, 0.4) is 0 Å². The van der Waals surface area contributed by atoms with Crippen molar-refractivity contribution in [3.8, 4) is 0 Å². The van der Waals surface area contributed by atoms with Crippen LogP contribution in [0.2, 0.25) is 0 Å². The standard InChI is InChI=1S/C15H29N3O/c1-5-10-18-11-9-17-14(18)12-13(16)15(6-2,7-3)19-8-4/h9,11,13H,5-8,10,12,16H2,1-4H3. The molecule has 2 N–H and O–H groups in total. The molecule has 0 aromatic carbocycles. The van der Waals surface area contributed by atoms with Crippen molar-refractivity contribution in [1.29, 1.82) is 0 Å². The molecular weight excluding hydrogens is 238 g/mol. The highest BCUT2D eigenvalue weighted by Gasteiger charge is 2.34. The third-order valence-corrected chi connectivity index (χ3v) is 3.97. The van der Waals surface area contributed by atoms with Crippen molar-refractivity contribution in [2.24, 2.45) is 5.73 Å². The van der Waals surface area contributed by atoms with E-state index in [2.05, 4.69) is 30.3 Å². The molecule has 0 aliphatic rings. The number of rotatable bonds is 9. The Morgan fingerprint density at radius 1 is 1.32 bits per heavy atom. The Morgan fingerprint density at radius 3 is 2.53 bits per heavy atom. The summed E-state index contributed by atoms with van der Waals surface area (Å²) in [7, 11) is 0. The molecular formula is C15H29N3O. The predicted octanol–water partition coefficient (Wildman–Crippen LogP) is 2.76. The third-order valence-electron chi connectivity index (χ3n) is 3.97. The normalized spacial score (nSPS) is 13.7. The fraction of sp³-hybridized carbons (Fsp3) is 0.800. The Hall–Kier alpha value is -0.870. The molecule has 0 saturated carbocycles. The maximum Gasteiger partial charge on any atom is 0.110 e. The SMILES string of the molecule is CCCn1ccnc1CC(N)C(CC)(CC)OCC. The summed E-state index contributed by atoms with van der Waals surface area (Å²) in [5, 5.41) is 0. The number of nitrogens with zero attached hydrogens (tertiary/aromatic N) is 2. The third kappa shape index (κ3) is 3.80. The minimum Gasteiger partial charge on any atom is -0.374 e. The molecule has 0 bridgehead atoms. The van der Waals surface area contributed by atoms with E-state index in [9.17, 15) is 0 Å². The van der Waals surface area contributed by atoms with Gasteiger partial charge in [0.05, 0.1) is 5.60 Å². The molecule has 1 rings (SSSR count). The van der Waals surface area contributed by atoms with Crippen LogP contribution in [0.1, 0.15) is 52.8 Å². The van der Waals surface area contributed by atoms with Gasteiger partial charge in [0.15, 0.2) is 0 Å². The lowest BCUT2D eigenvalue weighted by Gasteiger charge is -2.37. The molecule has 1 atom stereocenters. The highest BCUT2D eigenvalue weighted by Crippen LogP contribution is 2.25. The van der Waals surface area contributed by atoms with E-state index in [4.69, 9.17) is 10.5 Å². The summed E-state index contributed by atoms with van der Waals surface area (Å²) in [5.41, 5.74) is 6.21. The zero-order chi connectivity index (χ0) is 14.3. The van der Waals surface area contributed by atoms with Gasteiger partial charge >= 0.3 is 0 Å². The largest absolute Gasteiger partial charge is 0.374 e. The number of hydrogen-bond donors (Lipinski definition) is 1. The van der Waals surface area contributed by atoms with E-state index in [1.54, 1.807) is 0 Å². The Balaban J connectivity index is 2.80. The van der Waals surface area contributed by atoms with Gasteiger partial charge in [0.25, 0.3) is 0 Å². The Morgan fingerprint density at radius 2 is 2.00 bits per heavy atom. The second-order valence-corrected chi connectivity index (χ2v) is 5.05. The fourth-order valence-electron chi connectivity index (χ4n) is 2.73. The second-order valence-electron chi connectivity index (χ2n) is 5.05. The monoisotopic (exact) mass is 267 g/mol. The smallest absolute Gasteiger partial charge is 0.110 e. The van der Waals surface area contributed by atoms with E-state index < -0.39 is 0 Å². The summed E-state index contributed by atoms with van der Waals surface area (Å²) in [4.78, 5) is 4.44. The predicted molar refractivity (Wildman–Crippen MR) is 79.1 cm³/mol. The molecule has 19 heavy (non-hydrogen) atoms. The molecule has 1 unspecified atom stereocenters. The Labute approximate surface area is 117 Å². The lowest BCUT2D eigenvalue weighted by molar-refractivity contribution is -0.0638.